The van der Waals surface area contributed by atoms with E-state index in [1.165, 1.54) is 12.3 Å². The molecular weight excluding hydrogens is 302 g/mol. The van der Waals surface area contributed by atoms with Gasteiger partial charge in [0.25, 0.3) is 11.8 Å². The molecule has 126 valence electrons. The maximum Gasteiger partial charge on any atom is 0.269 e. The standard InChI is InChI=1S/C19H23N3O2/c1-3-5-11-21-19(24)17-13-15(10-12-20-17)18(23)22-16-9-7-6-8-14(16)4-2/h6-10,12-13H,3-5,11H2,1-2H3,(H,21,24)(H,22,23). The number of rotatable bonds is 7. The Morgan fingerprint density at radius 3 is 2.62 bits per heavy atom. The van der Waals surface area contributed by atoms with E-state index < -0.39 is 0 Å². The number of nitrogens with zero attached hydrogens (tertiary/aromatic N) is 1. The molecule has 2 aromatic rings. The second-order valence-corrected chi connectivity index (χ2v) is 5.50. The second-order valence-electron chi connectivity index (χ2n) is 5.50. The first-order valence-corrected chi connectivity index (χ1v) is 8.29. The topological polar surface area (TPSA) is 71.1 Å². The fourth-order valence-electron chi connectivity index (χ4n) is 2.31. The number of hydrogen-bond donors (Lipinski definition) is 2. The van der Waals surface area contributed by atoms with Gasteiger partial charge < -0.3 is 10.6 Å². The number of para-hydroxylation sites is 1. The van der Waals surface area contributed by atoms with Crippen LogP contribution in [0.25, 0.3) is 0 Å². The Hall–Kier alpha value is -2.69. The lowest BCUT2D eigenvalue weighted by Crippen LogP contribution is -2.25. The molecule has 1 aromatic carbocycles. The molecule has 1 aromatic heterocycles. The summed E-state index contributed by atoms with van der Waals surface area (Å²) >= 11 is 0. The average Bonchev–Trinajstić information content (AvgIpc) is 2.62. The van der Waals surface area contributed by atoms with Crippen LogP contribution in [0.5, 0.6) is 0 Å². The number of pyridine rings is 1. The molecule has 1 heterocycles. The van der Waals surface area contributed by atoms with Gasteiger partial charge in [-0.3, -0.25) is 14.6 Å². The summed E-state index contributed by atoms with van der Waals surface area (Å²) in [5.41, 5.74) is 2.52. The number of aryl methyl sites for hydroxylation is 1. The molecule has 0 bridgehead atoms. The van der Waals surface area contributed by atoms with Gasteiger partial charge in [-0.2, -0.15) is 0 Å². The third-order valence-electron chi connectivity index (χ3n) is 3.72. The van der Waals surface area contributed by atoms with Crippen LogP contribution in [0, 0.1) is 0 Å². The average molecular weight is 325 g/mol. The largest absolute Gasteiger partial charge is 0.351 e. The summed E-state index contributed by atoms with van der Waals surface area (Å²) in [6, 6.07) is 10.8. The molecular formula is C19H23N3O2. The van der Waals surface area contributed by atoms with E-state index in [1.807, 2.05) is 31.2 Å². The number of carbonyl (C=O) groups is 2. The number of benzene rings is 1. The predicted octanol–water partition coefficient (Wildman–Crippen LogP) is 3.43. The molecule has 0 aliphatic rings. The number of anilines is 1. The molecule has 0 atom stereocenters. The minimum atomic E-state index is -0.257. The van der Waals surface area contributed by atoms with E-state index in [2.05, 4.69) is 22.5 Å². The molecule has 0 unspecified atom stereocenters. The first kappa shape index (κ1) is 17.7. The first-order valence-electron chi connectivity index (χ1n) is 8.29. The summed E-state index contributed by atoms with van der Waals surface area (Å²) in [5.74, 6) is -0.507. The Morgan fingerprint density at radius 2 is 1.88 bits per heavy atom. The normalized spacial score (nSPS) is 10.2. The van der Waals surface area contributed by atoms with Crippen molar-refractivity contribution in [2.24, 2.45) is 0 Å². The fourth-order valence-corrected chi connectivity index (χ4v) is 2.31. The van der Waals surface area contributed by atoms with Gasteiger partial charge in [0.1, 0.15) is 5.69 Å². The van der Waals surface area contributed by atoms with Crippen molar-refractivity contribution in [1.29, 1.82) is 0 Å². The van der Waals surface area contributed by atoms with Gasteiger partial charge in [0.05, 0.1) is 0 Å². The van der Waals surface area contributed by atoms with Gasteiger partial charge in [-0.25, -0.2) is 0 Å². The van der Waals surface area contributed by atoms with Crippen LogP contribution in [0.15, 0.2) is 42.6 Å². The van der Waals surface area contributed by atoms with Gasteiger partial charge in [-0.15, -0.1) is 0 Å². The molecule has 0 aliphatic carbocycles. The molecule has 2 amide bonds. The number of unbranched alkanes of at least 4 members (excludes halogenated alkanes) is 1. The smallest absolute Gasteiger partial charge is 0.269 e. The number of hydrogen-bond acceptors (Lipinski definition) is 3. The molecule has 0 saturated carbocycles. The minimum absolute atomic E-state index is 0.249. The molecule has 5 nitrogen and oxygen atoms in total. The van der Waals surface area contributed by atoms with Crippen molar-refractivity contribution in [2.45, 2.75) is 33.1 Å². The van der Waals surface area contributed by atoms with Crippen molar-refractivity contribution < 1.29 is 9.59 Å². The van der Waals surface area contributed by atoms with Crippen LogP contribution in [0.3, 0.4) is 0 Å². The Labute approximate surface area is 142 Å². The molecule has 24 heavy (non-hydrogen) atoms. The molecule has 0 fully saturated rings. The van der Waals surface area contributed by atoms with Crippen LogP contribution < -0.4 is 10.6 Å². The Balaban J connectivity index is 2.10. The minimum Gasteiger partial charge on any atom is -0.351 e. The van der Waals surface area contributed by atoms with Crippen LogP contribution in [0.2, 0.25) is 0 Å². The monoisotopic (exact) mass is 325 g/mol. The Morgan fingerprint density at radius 1 is 1.08 bits per heavy atom. The van der Waals surface area contributed by atoms with E-state index in [0.717, 1.165) is 30.5 Å². The summed E-state index contributed by atoms with van der Waals surface area (Å²) in [7, 11) is 0. The highest BCUT2D eigenvalue weighted by Crippen LogP contribution is 2.16. The van der Waals surface area contributed by atoms with Crippen LogP contribution in [0.4, 0.5) is 5.69 Å². The zero-order valence-corrected chi connectivity index (χ0v) is 14.1. The number of nitrogens with one attached hydrogen (secondary N) is 2. The lowest BCUT2D eigenvalue weighted by Gasteiger charge is -2.10. The highest BCUT2D eigenvalue weighted by Gasteiger charge is 2.12. The number of amides is 2. The van der Waals surface area contributed by atoms with Gasteiger partial charge in [0, 0.05) is 24.0 Å². The van der Waals surface area contributed by atoms with Crippen molar-refractivity contribution in [1.82, 2.24) is 10.3 Å². The lowest BCUT2D eigenvalue weighted by atomic mass is 10.1. The Kier molecular flexibility index (Phi) is 6.49. The summed E-state index contributed by atoms with van der Waals surface area (Å²) in [4.78, 5) is 28.5. The van der Waals surface area contributed by atoms with Crippen molar-refractivity contribution in [3.8, 4) is 0 Å². The van der Waals surface area contributed by atoms with Crippen molar-refractivity contribution >= 4 is 17.5 Å². The van der Waals surface area contributed by atoms with Gasteiger partial charge in [0.2, 0.25) is 0 Å². The second kappa shape index (κ2) is 8.82. The third kappa shape index (κ3) is 4.65. The zero-order chi connectivity index (χ0) is 17.4. The van der Waals surface area contributed by atoms with Gasteiger partial charge >= 0.3 is 0 Å². The summed E-state index contributed by atoms with van der Waals surface area (Å²) in [5, 5.41) is 5.70. The molecule has 2 N–H and O–H groups in total. The maximum atomic E-state index is 12.4. The van der Waals surface area contributed by atoms with Crippen LogP contribution in [0.1, 0.15) is 53.1 Å². The van der Waals surface area contributed by atoms with Crippen LogP contribution in [-0.4, -0.2) is 23.3 Å². The van der Waals surface area contributed by atoms with E-state index in [9.17, 15) is 9.59 Å². The van der Waals surface area contributed by atoms with E-state index in [1.54, 1.807) is 6.07 Å². The SMILES string of the molecule is CCCCNC(=O)c1cc(C(=O)Nc2ccccc2CC)ccn1. The summed E-state index contributed by atoms with van der Waals surface area (Å²) in [6.07, 6.45) is 4.24. The molecule has 0 aliphatic heterocycles. The summed E-state index contributed by atoms with van der Waals surface area (Å²) < 4.78 is 0. The van der Waals surface area contributed by atoms with Crippen molar-refractivity contribution in [2.75, 3.05) is 11.9 Å². The Bertz CT molecular complexity index is 713. The first-order chi connectivity index (χ1) is 11.7. The molecule has 5 heteroatoms. The van der Waals surface area contributed by atoms with E-state index in [4.69, 9.17) is 0 Å². The fraction of sp³-hybridized carbons (Fsp3) is 0.316. The van der Waals surface area contributed by atoms with Gasteiger partial charge in [-0.1, -0.05) is 38.5 Å². The number of carbonyl (C=O) groups excluding carboxylic acids is 2. The quantitative estimate of drug-likeness (QED) is 0.766. The number of aromatic nitrogens is 1. The van der Waals surface area contributed by atoms with Gasteiger partial charge in [-0.05, 0) is 36.6 Å². The highest BCUT2D eigenvalue weighted by molar-refractivity contribution is 6.06. The van der Waals surface area contributed by atoms with Crippen LogP contribution in [-0.2, 0) is 6.42 Å². The molecule has 0 radical (unpaired) electrons. The lowest BCUT2D eigenvalue weighted by molar-refractivity contribution is 0.0948. The van der Waals surface area contributed by atoms with Crippen molar-refractivity contribution in [3.63, 3.8) is 0 Å². The summed E-state index contributed by atoms with van der Waals surface area (Å²) in [6.45, 7) is 4.71. The zero-order valence-electron chi connectivity index (χ0n) is 14.1. The molecule has 2 rings (SSSR count). The molecule has 0 saturated heterocycles. The van der Waals surface area contributed by atoms with E-state index in [-0.39, 0.29) is 17.5 Å². The molecule has 0 spiro atoms. The predicted molar refractivity (Wildman–Crippen MR) is 95.3 cm³/mol. The third-order valence-corrected chi connectivity index (χ3v) is 3.72. The highest BCUT2D eigenvalue weighted by atomic mass is 16.2. The maximum absolute atomic E-state index is 12.4. The van der Waals surface area contributed by atoms with Crippen molar-refractivity contribution in [3.05, 3.63) is 59.4 Å². The van der Waals surface area contributed by atoms with Crippen LogP contribution >= 0.6 is 0 Å². The van der Waals surface area contributed by atoms with E-state index >= 15 is 0 Å². The van der Waals surface area contributed by atoms with E-state index in [0.29, 0.717) is 12.1 Å². The van der Waals surface area contributed by atoms with Gasteiger partial charge in [0.15, 0.2) is 0 Å².